The third kappa shape index (κ3) is 3.37. The number of benzene rings is 2. The summed E-state index contributed by atoms with van der Waals surface area (Å²) < 4.78 is 18.6. The first-order chi connectivity index (χ1) is 17.4. The van der Waals surface area contributed by atoms with Crippen LogP contribution in [0.2, 0.25) is 0 Å². The van der Waals surface area contributed by atoms with Crippen LogP contribution in [0.5, 0.6) is 0 Å². The Kier molecular flexibility index (Phi) is 4.96. The van der Waals surface area contributed by atoms with Gasteiger partial charge in [-0.05, 0) is 54.8 Å². The van der Waals surface area contributed by atoms with Gasteiger partial charge in [0.25, 0.3) is 11.5 Å². The highest BCUT2D eigenvalue weighted by Gasteiger charge is 2.29. The van der Waals surface area contributed by atoms with Crippen LogP contribution in [0.4, 0.5) is 15.9 Å². The molecule has 0 atom stereocenters. The second-order valence-electron chi connectivity index (χ2n) is 8.78. The van der Waals surface area contributed by atoms with Crippen molar-refractivity contribution in [2.75, 3.05) is 11.1 Å². The van der Waals surface area contributed by atoms with Crippen molar-refractivity contribution < 1.29 is 9.18 Å². The van der Waals surface area contributed by atoms with Gasteiger partial charge in [0.2, 0.25) is 0 Å². The minimum atomic E-state index is -0.470. The molecule has 0 unspecified atom stereocenters. The number of aromatic nitrogens is 5. The highest BCUT2D eigenvalue weighted by atomic mass is 19.1. The number of rotatable bonds is 4. The summed E-state index contributed by atoms with van der Waals surface area (Å²) in [7, 11) is 1.89. The topological polar surface area (TPSA) is 113 Å². The SMILES string of the molecule is Cn1cc(-c2ccc(NC(=O)c3c4n(n(-c5ccc(F)cc5)c3=O)CCC4)cc2)c2c(N)ncnc21. The van der Waals surface area contributed by atoms with Gasteiger partial charge in [0, 0.05) is 31.0 Å². The Morgan fingerprint density at radius 3 is 2.58 bits per heavy atom. The molecule has 6 rings (SSSR count). The maximum atomic E-state index is 13.4. The Morgan fingerprint density at radius 1 is 1.08 bits per heavy atom. The summed E-state index contributed by atoms with van der Waals surface area (Å²) in [6.07, 6.45) is 4.81. The zero-order chi connectivity index (χ0) is 25.0. The van der Waals surface area contributed by atoms with Gasteiger partial charge in [-0.2, -0.15) is 0 Å². The number of nitrogens with zero attached hydrogens (tertiary/aromatic N) is 5. The summed E-state index contributed by atoms with van der Waals surface area (Å²) in [4.78, 5) is 34.9. The molecule has 2 aromatic carbocycles. The summed E-state index contributed by atoms with van der Waals surface area (Å²) >= 11 is 0. The molecule has 4 heterocycles. The zero-order valence-electron chi connectivity index (χ0n) is 19.4. The van der Waals surface area contributed by atoms with E-state index in [0.717, 1.165) is 28.6 Å². The van der Waals surface area contributed by atoms with Crippen molar-refractivity contribution in [3.63, 3.8) is 0 Å². The number of aryl methyl sites for hydroxylation is 1. The van der Waals surface area contributed by atoms with E-state index < -0.39 is 11.5 Å². The molecule has 0 radical (unpaired) electrons. The minimum Gasteiger partial charge on any atom is -0.383 e. The summed E-state index contributed by atoms with van der Waals surface area (Å²) in [5, 5.41) is 3.62. The number of nitrogens with one attached hydrogen (secondary N) is 1. The molecule has 0 bridgehead atoms. The average molecular weight is 484 g/mol. The number of fused-ring (bicyclic) bond motifs is 2. The average Bonchev–Trinajstić information content (AvgIpc) is 3.53. The summed E-state index contributed by atoms with van der Waals surface area (Å²) in [5.74, 6) is -0.463. The van der Waals surface area contributed by atoms with Crippen LogP contribution in [0.15, 0.2) is 65.8 Å². The monoisotopic (exact) mass is 483 g/mol. The van der Waals surface area contributed by atoms with E-state index in [9.17, 15) is 14.0 Å². The van der Waals surface area contributed by atoms with Crippen molar-refractivity contribution in [1.82, 2.24) is 23.9 Å². The molecule has 3 N–H and O–H groups in total. The number of halogens is 1. The van der Waals surface area contributed by atoms with Crippen LogP contribution in [0.25, 0.3) is 27.8 Å². The van der Waals surface area contributed by atoms with Crippen LogP contribution in [-0.2, 0) is 20.0 Å². The Balaban J connectivity index is 1.32. The molecular formula is C26H22FN7O2. The van der Waals surface area contributed by atoms with Crippen LogP contribution >= 0.6 is 0 Å². The number of amides is 1. The first-order valence-electron chi connectivity index (χ1n) is 11.5. The second-order valence-corrected chi connectivity index (χ2v) is 8.78. The van der Waals surface area contributed by atoms with Crippen LogP contribution in [0.1, 0.15) is 22.5 Å². The molecule has 9 nitrogen and oxygen atoms in total. The molecule has 180 valence electrons. The highest BCUT2D eigenvalue weighted by Crippen LogP contribution is 2.32. The lowest BCUT2D eigenvalue weighted by Gasteiger charge is -2.08. The molecule has 0 saturated heterocycles. The van der Waals surface area contributed by atoms with Crippen molar-refractivity contribution in [3.8, 4) is 16.8 Å². The first-order valence-corrected chi connectivity index (χ1v) is 11.5. The lowest BCUT2D eigenvalue weighted by atomic mass is 10.1. The Morgan fingerprint density at radius 2 is 1.83 bits per heavy atom. The van der Waals surface area contributed by atoms with Gasteiger partial charge in [0.1, 0.15) is 29.2 Å². The van der Waals surface area contributed by atoms with Gasteiger partial charge in [-0.3, -0.25) is 14.3 Å². The lowest BCUT2D eigenvalue weighted by molar-refractivity contribution is 0.102. The molecule has 0 aliphatic carbocycles. The number of carbonyl (C=O) groups is 1. The molecule has 3 aromatic heterocycles. The van der Waals surface area contributed by atoms with Crippen molar-refractivity contribution in [2.24, 2.45) is 7.05 Å². The molecule has 10 heteroatoms. The number of nitrogens with two attached hydrogens (primary N) is 1. The van der Waals surface area contributed by atoms with E-state index in [1.165, 1.54) is 35.3 Å². The van der Waals surface area contributed by atoms with E-state index in [0.29, 0.717) is 35.9 Å². The second kappa shape index (κ2) is 8.19. The summed E-state index contributed by atoms with van der Waals surface area (Å²) in [5.41, 5.74) is 10.1. The lowest BCUT2D eigenvalue weighted by Crippen LogP contribution is -2.26. The molecule has 36 heavy (non-hydrogen) atoms. The largest absolute Gasteiger partial charge is 0.383 e. The molecule has 1 amide bonds. The fourth-order valence-electron chi connectivity index (χ4n) is 4.92. The molecular weight excluding hydrogens is 461 g/mol. The molecule has 1 aliphatic rings. The standard InChI is InChI=1S/C26H22FN7O2/c1-32-13-19(21-23(28)29-14-30-24(21)32)15-4-8-17(9-5-15)31-25(35)22-20-3-2-12-33(20)34(26(22)36)18-10-6-16(27)7-11-18/h4-11,13-14H,2-3,12H2,1H3,(H,31,35)(H2,28,29,30). The van der Waals surface area contributed by atoms with Crippen LogP contribution in [0, 0.1) is 5.82 Å². The van der Waals surface area contributed by atoms with Gasteiger partial charge in [-0.15, -0.1) is 0 Å². The maximum absolute atomic E-state index is 13.4. The molecule has 5 aromatic rings. The van der Waals surface area contributed by atoms with Crippen LogP contribution in [0.3, 0.4) is 0 Å². The van der Waals surface area contributed by atoms with Gasteiger partial charge < -0.3 is 15.6 Å². The fourth-order valence-corrected chi connectivity index (χ4v) is 4.92. The Bertz CT molecular complexity index is 1700. The maximum Gasteiger partial charge on any atom is 0.284 e. The van der Waals surface area contributed by atoms with Gasteiger partial charge >= 0.3 is 0 Å². The van der Waals surface area contributed by atoms with Crippen molar-refractivity contribution in [3.05, 3.63) is 88.5 Å². The van der Waals surface area contributed by atoms with Gasteiger partial charge in [0.05, 0.1) is 16.8 Å². The number of carbonyl (C=O) groups excluding carboxylic acids is 1. The first kappa shape index (κ1) is 21.8. The van der Waals surface area contributed by atoms with E-state index in [1.54, 1.807) is 16.8 Å². The van der Waals surface area contributed by atoms with E-state index in [2.05, 4.69) is 15.3 Å². The predicted octanol–water partition coefficient (Wildman–Crippen LogP) is 3.51. The van der Waals surface area contributed by atoms with Gasteiger partial charge in [-0.1, -0.05) is 12.1 Å². The highest BCUT2D eigenvalue weighted by molar-refractivity contribution is 6.05. The van der Waals surface area contributed by atoms with Crippen molar-refractivity contribution >= 4 is 28.4 Å². The van der Waals surface area contributed by atoms with Gasteiger partial charge in [0.15, 0.2) is 0 Å². The van der Waals surface area contributed by atoms with Crippen molar-refractivity contribution in [2.45, 2.75) is 19.4 Å². The van der Waals surface area contributed by atoms with Crippen LogP contribution in [-0.4, -0.2) is 29.8 Å². The zero-order valence-corrected chi connectivity index (χ0v) is 19.4. The molecule has 0 fully saturated rings. The number of hydrogen-bond acceptors (Lipinski definition) is 5. The third-order valence-corrected chi connectivity index (χ3v) is 6.57. The predicted molar refractivity (Wildman–Crippen MR) is 135 cm³/mol. The Labute approximate surface area is 204 Å². The number of anilines is 2. The number of hydrogen-bond donors (Lipinski definition) is 2. The molecule has 0 spiro atoms. The fraction of sp³-hybridized carbons (Fsp3) is 0.154. The normalized spacial score (nSPS) is 12.7. The van der Waals surface area contributed by atoms with E-state index in [4.69, 9.17) is 5.73 Å². The quantitative estimate of drug-likeness (QED) is 0.406. The molecule has 0 saturated carbocycles. The van der Waals surface area contributed by atoms with Crippen molar-refractivity contribution in [1.29, 1.82) is 0 Å². The van der Waals surface area contributed by atoms with E-state index in [1.807, 2.05) is 29.9 Å². The van der Waals surface area contributed by atoms with Gasteiger partial charge in [-0.25, -0.2) is 19.0 Å². The minimum absolute atomic E-state index is 0.111. The summed E-state index contributed by atoms with van der Waals surface area (Å²) in [6.45, 7) is 0.613. The number of nitrogen functional groups attached to an aromatic ring is 1. The molecule has 1 aliphatic heterocycles. The van der Waals surface area contributed by atoms with E-state index in [-0.39, 0.29) is 11.4 Å². The third-order valence-electron chi connectivity index (χ3n) is 6.57. The Hall–Kier alpha value is -4.73. The van der Waals surface area contributed by atoms with Crippen LogP contribution < -0.4 is 16.6 Å². The summed E-state index contributed by atoms with van der Waals surface area (Å²) in [6, 6.07) is 13.0. The van der Waals surface area contributed by atoms with E-state index >= 15 is 0 Å². The smallest absolute Gasteiger partial charge is 0.284 e.